The summed E-state index contributed by atoms with van der Waals surface area (Å²) in [5.41, 5.74) is 3.62. The Bertz CT molecular complexity index is 513. The summed E-state index contributed by atoms with van der Waals surface area (Å²) in [5.74, 6) is 1.44. The maximum absolute atomic E-state index is 12.2. The molecule has 1 fully saturated rings. The number of hydrogen-bond donors (Lipinski definition) is 0. The van der Waals surface area contributed by atoms with Crippen LogP contribution in [0.2, 0.25) is 0 Å². The zero-order valence-electron chi connectivity index (χ0n) is 11.8. The summed E-state index contributed by atoms with van der Waals surface area (Å²) in [4.78, 5) is 18.7. The van der Waals surface area contributed by atoms with Crippen LogP contribution in [0.25, 0.3) is 0 Å². The van der Waals surface area contributed by atoms with Crippen LogP contribution in [0.3, 0.4) is 0 Å². The van der Waals surface area contributed by atoms with Gasteiger partial charge < -0.3 is 4.90 Å². The van der Waals surface area contributed by atoms with Gasteiger partial charge >= 0.3 is 0 Å². The van der Waals surface area contributed by atoms with Crippen molar-refractivity contribution in [1.82, 2.24) is 4.98 Å². The zero-order chi connectivity index (χ0) is 13.6. The summed E-state index contributed by atoms with van der Waals surface area (Å²) in [6.07, 6.45) is 5.49. The van der Waals surface area contributed by atoms with E-state index >= 15 is 0 Å². The molecule has 3 atom stereocenters. The van der Waals surface area contributed by atoms with Gasteiger partial charge in [-0.05, 0) is 43.8 Å². The van der Waals surface area contributed by atoms with Gasteiger partial charge in [-0.25, -0.2) is 0 Å². The highest BCUT2D eigenvalue weighted by Crippen LogP contribution is 2.45. The van der Waals surface area contributed by atoms with Crippen LogP contribution in [0.5, 0.6) is 0 Å². The second-order valence-corrected chi connectivity index (χ2v) is 6.78. The number of pyridine rings is 1. The number of nitrogens with zero attached hydrogens (tertiary/aromatic N) is 2. The smallest absolute Gasteiger partial charge is 0.224 e. The first-order chi connectivity index (χ1) is 9.13. The second kappa shape index (κ2) is 4.86. The normalized spacial score (nSPS) is 26.8. The number of fused-ring (bicyclic) bond motifs is 1. The van der Waals surface area contributed by atoms with E-state index in [0.717, 1.165) is 12.1 Å². The zero-order valence-corrected chi connectivity index (χ0v) is 12.8. The number of anilines is 1. The van der Waals surface area contributed by atoms with Crippen LogP contribution in [0.4, 0.5) is 5.69 Å². The van der Waals surface area contributed by atoms with E-state index in [4.69, 9.17) is 0 Å². The Labute approximate surface area is 116 Å². The SMILES string of the molecule is CPc1nccc2c1CC(C)[C@H](C1CC1)N2C(C)=O. The molecule has 3 rings (SSSR count). The van der Waals surface area contributed by atoms with Crippen molar-refractivity contribution >= 4 is 25.6 Å². The largest absolute Gasteiger partial charge is 0.309 e. The van der Waals surface area contributed by atoms with E-state index in [2.05, 4.69) is 23.5 Å². The van der Waals surface area contributed by atoms with Crippen LogP contribution < -0.4 is 10.3 Å². The van der Waals surface area contributed by atoms with E-state index in [1.54, 1.807) is 6.92 Å². The van der Waals surface area contributed by atoms with Crippen molar-refractivity contribution in [3.63, 3.8) is 0 Å². The minimum Gasteiger partial charge on any atom is -0.309 e. The van der Waals surface area contributed by atoms with Gasteiger partial charge in [-0.2, -0.15) is 0 Å². The number of aromatic nitrogens is 1. The van der Waals surface area contributed by atoms with E-state index < -0.39 is 0 Å². The van der Waals surface area contributed by atoms with Gasteiger partial charge in [0, 0.05) is 24.7 Å². The number of carbonyl (C=O) groups is 1. The molecule has 1 amide bonds. The Morgan fingerprint density at radius 1 is 1.47 bits per heavy atom. The summed E-state index contributed by atoms with van der Waals surface area (Å²) >= 11 is 0. The average molecular weight is 276 g/mol. The molecule has 1 aliphatic carbocycles. The first-order valence-corrected chi connectivity index (χ1v) is 8.59. The van der Waals surface area contributed by atoms with E-state index in [1.807, 2.05) is 12.3 Å². The number of amides is 1. The molecule has 4 heteroatoms. The summed E-state index contributed by atoms with van der Waals surface area (Å²) in [5, 5.41) is 0. The molecule has 2 aliphatic rings. The van der Waals surface area contributed by atoms with Crippen molar-refractivity contribution in [2.75, 3.05) is 11.6 Å². The van der Waals surface area contributed by atoms with E-state index in [0.29, 0.717) is 26.5 Å². The lowest BCUT2D eigenvalue weighted by atomic mass is 9.85. The van der Waals surface area contributed by atoms with Crippen molar-refractivity contribution in [3.8, 4) is 0 Å². The van der Waals surface area contributed by atoms with Crippen molar-refractivity contribution in [2.24, 2.45) is 11.8 Å². The molecule has 0 aromatic carbocycles. The fourth-order valence-electron chi connectivity index (χ4n) is 3.48. The Morgan fingerprint density at radius 2 is 2.21 bits per heavy atom. The molecule has 19 heavy (non-hydrogen) atoms. The van der Waals surface area contributed by atoms with Crippen molar-refractivity contribution < 1.29 is 4.79 Å². The molecule has 0 spiro atoms. The maximum atomic E-state index is 12.2. The molecular formula is C15H21N2OP. The molecule has 3 nitrogen and oxygen atoms in total. The highest BCUT2D eigenvalue weighted by molar-refractivity contribution is 7.46. The van der Waals surface area contributed by atoms with Crippen molar-refractivity contribution in [2.45, 2.75) is 39.2 Å². The molecule has 1 aromatic heterocycles. The molecule has 0 bridgehead atoms. The molecule has 2 heterocycles. The van der Waals surface area contributed by atoms with Crippen LogP contribution in [0.1, 0.15) is 32.3 Å². The second-order valence-electron chi connectivity index (χ2n) is 5.81. The number of rotatable bonds is 2. The average Bonchev–Trinajstić information content (AvgIpc) is 3.20. The highest BCUT2D eigenvalue weighted by Gasteiger charge is 2.44. The molecule has 2 unspecified atom stereocenters. The quantitative estimate of drug-likeness (QED) is 0.777. The highest BCUT2D eigenvalue weighted by atomic mass is 31.1. The lowest BCUT2D eigenvalue weighted by molar-refractivity contribution is -0.117. The standard InChI is InChI=1S/C15H21N2OP/c1-9-8-12-13(6-7-16-15(12)19-3)17(10(2)18)14(9)11-4-5-11/h6-7,9,11,14,19H,4-5,8H2,1-3H3/t9?,14-/m1/s1. The molecule has 102 valence electrons. The van der Waals surface area contributed by atoms with Gasteiger partial charge in [0.2, 0.25) is 5.91 Å². The van der Waals surface area contributed by atoms with E-state index in [-0.39, 0.29) is 5.91 Å². The maximum Gasteiger partial charge on any atom is 0.224 e. The number of carbonyl (C=O) groups excluding carboxylic acids is 1. The third-order valence-corrected chi connectivity index (χ3v) is 5.28. The lowest BCUT2D eigenvalue weighted by Gasteiger charge is -2.41. The molecule has 0 radical (unpaired) electrons. The van der Waals surface area contributed by atoms with Gasteiger partial charge in [0.1, 0.15) is 0 Å². The third-order valence-electron chi connectivity index (χ3n) is 4.38. The van der Waals surface area contributed by atoms with E-state index in [9.17, 15) is 4.79 Å². The van der Waals surface area contributed by atoms with Crippen LogP contribution in [0, 0.1) is 11.8 Å². The van der Waals surface area contributed by atoms with Crippen LogP contribution in [-0.2, 0) is 11.2 Å². The van der Waals surface area contributed by atoms with Gasteiger partial charge in [-0.1, -0.05) is 15.5 Å². The summed E-state index contributed by atoms with van der Waals surface area (Å²) in [6, 6.07) is 2.43. The molecule has 0 N–H and O–H groups in total. The number of hydrogen-bond acceptors (Lipinski definition) is 2. The lowest BCUT2D eigenvalue weighted by Crippen LogP contribution is -2.49. The Hall–Kier alpha value is -0.950. The summed E-state index contributed by atoms with van der Waals surface area (Å²) < 4.78 is 0. The topological polar surface area (TPSA) is 33.2 Å². The van der Waals surface area contributed by atoms with Gasteiger partial charge in [0.15, 0.2) is 0 Å². The molecular weight excluding hydrogens is 255 g/mol. The molecule has 1 saturated carbocycles. The Kier molecular flexibility index (Phi) is 3.34. The van der Waals surface area contributed by atoms with Gasteiger partial charge in [-0.3, -0.25) is 9.78 Å². The first-order valence-electron chi connectivity index (χ1n) is 7.09. The fourth-order valence-corrected chi connectivity index (χ4v) is 4.21. The van der Waals surface area contributed by atoms with E-state index in [1.165, 1.54) is 23.8 Å². The Morgan fingerprint density at radius 3 is 2.79 bits per heavy atom. The van der Waals surface area contributed by atoms with Crippen molar-refractivity contribution in [3.05, 3.63) is 17.8 Å². The minimum atomic E-state index is 0.182. The monoisotopic (exact) mass is 276 g/mol. The van der Waals surface area contributed by atoms with Crippen molar-refractivity contribution in [1.29, 1.82) is 0 Å². The summed E-state index contributed by atoms with van der Waals surface area (Å²) in [6.45, 7) is 6.15. The van der Waals surface area contributed by atoms with Crippen LogP contribution in [-0.4, -0.2) is 23.6 Å². The molecule has 1 aliphatic heterocycles. The van der Waals surface area contributed by atoms with Gasteiger partial charge in [0.25, 0.3) is 0 Å². The molecule has 1 aromatic rings. The van der Waals surface area contributed by atoms with Gasteiger partial charge in [0.05, 0.1) is 11.1 Å². The van der Waals surface area contributed by atoms with Crippen LogP contribution in [0.15, 0.2) is 12.3 Å². The first kappa shape index (κ1) is 13.1. The predicted molar refractivity (Wildman–Crippen MR) is 80.7 cm³/mol. The minimum absolute atomic E-state index is 0.182. The predicted octanol–water partition coefficient (Wildman–Crippen LogP) is 2.34. The Balaban J connectivity index is 2.10. The van der Waals surface area contributed by atoms with Crippen LogP contribution >= 0.6 is 8.58 Å². The summed E-state index contributed by atoms with van der Waals surface area (Å²) in [7, 11) is 0.695. The fraction of sp³-hybridized carbons (Fsp3) is 0.600. The van der Waals surface area contributed by atoms with Gasteiger partial charge in [-0.15, -0.1) is 0 Å². The third kappa shape index (κ3) is 2.18. The molecule has 0 saturated heterocycles.